The van der Waals surface area contributed by atoms with Gasteiger partial charge in [-0.05, 0) is 54.8 Å². The van der Waals surface area contributed by atoms with Crippen molar-refractivity contribution in [2.24, 2.45) is 0 Å². The summed E-state index contributed by atoms with van der Waals surface area (Å²) in [5.41, 5.74) is 3.29. The molecule has 27 heavy (non-hydrogen) atoms. The quantitative estimate of drug-likeness (QED) is 0.492. The first-order valence-corrected chi connectivity index (χ1v) is 8.25. The first-order valence-electron chi connectivity index (χ1n) is 8.25. The van der Waals surface area contributed by atoms with Gasteiger partial charge in [-0.2, -0.15) is 0 Å². The number of aromatic nitrogens is 2. The normalized spacial score (nSPS) is 10.5. The molecule has 3 aromatic rings. The Morgan fingerprint density at radius 2 is 1.67 bits per heavy atom. The van der Waals surface area contributed by atoms with Crippen LogP contribution >= 0.6 is 0 Å². The van der Waals surface area contributed by atoms with Gasteiger partial charge in [0.2, 0.25) is 11.6 Å². The summed E-state index contributed by atoms with van der Waals surface area (Å²) in [6.07, 6.45) is 1.25. The number of nitrogens with one attached hydrogen (secondary N) is 2. The molecule has 1 heterocycles. The van der Waals surface area contributed by atoms with E-state index >= 15 is 0 Å². The number of rotatable bonds is 6. The van der Waals surface area contributed by atoms with Crippen molar-refractivity contribution in [2.75, 3.05) is 10.6 Å². The monoisotopic (exact) mass is 367 g/mol. The molecule has 0 bridgehead atoms. The van der Waals surface area contributed by atoms with E-state index in [-0.39, 0.29) is 29.7 Å². The molecule has 0 aliphatic heterocycles. The third-order valence-electron chi connectivity index (χ3n) is 3.86. The lowest BCUT2D eigenvalue weighted by Gasteiger charge is -2.11. The van der Waals surface area contributed by atoms with Crippen molar-refractivity contribution in [3.8, 4) is 0 Å². The second-order valence-electron chi connectivity index (χ2n) is 6.16. The lowest BCUT2D eigenvalue weighted by molar-refractivity contribution is -0.383. The molecule has 0 saturated heterocycles. The van der Waals surface area contributed by atoms with E-state index in [1.54, 1.807) is 12.1 Å². The minimum Gasteiger partial charge on any atom is -0.360 e. The Labute approximate surface area is 155 Å². The molecule has 0 aliphatic rings. The molecule has 0 spiro atoms. The number of hydrogen-bond donors (Lipinski definition) is 2. The fourth-order valence-electron chi connectivity index (χ4n) is 2.74. The number of hydrogen-bond acceptors (Lipinski definition) is 6. The number of anilines is 3. The van der Waals surface area contributed by atoms with Gasteiger partial charge < -0.3 is 10.6 Å². The zero-order valence-electron chi connectivity index (χ0n) is 14.9. The molecule has 7 nitrogen and oxygen atoms in total. The van der Waals surface area contributed by atoms with E-state index in [1.807, 2.05) is 32.0 Å². The molecule has 0 saturated carbocycles. The standard InChI is InChI=1S/C19H18FN5O2/c1-12-7-13(2)9-16(8-12)24-19-17(25(26)27)18(22-11-23-19)21-10-14-3-5-15(20)6-4-14/h3-9,11H,10H2,1-2H3,(H2,21,22,23,24). The number of nitro groups is 1. The highest BCUT2D eigenvalue weighted by molar-refractivity contribution is 5.74. The van der Waals surface area contributed by atoms with Crippen LogP contribution in [0.3, 0.4) is 0 Å². The van der Waals surface area contributed by atoms with Gasteiger partial charge in [0.25, 0.3) is 0 Å². The molecular weight excluding hydrogens is 349 g/mol. The smallest absolute Gasteiger partial charge is 0.353 e. The molecule has 1 aromatic heterocycles. The molecule has 0 aliphatic carbocycles. The molecule has 0 unspecified atom stereocenters. The Kier molecular flexibility index (Phi) is 5.25. The van der Waals surface area contributed by atoms with Crippen LogP contribution in [0.2, 0.25) is 0 Å². The molecule has 3 rings (SSSR count). The first kappa shape index (κ1) is 18.2. The molecule has 2 N–H and O–H groups in total. The number of benzene rings is 2. The molecule has 0 atom stereocenters. The van der Waals surface area contributed by atoms with E-state index in [0.717, 1.165) is 16.7 Å². The van der Waals surface area contributed by atoms with E-state index in [9.17, 15) is 14.5 Å². The van der Waals surface area contributed by atoms with Crippen LogP contribution < -0.4 is 10.6 Å². The third kappa shape index (κ3) is 4.55. The topological polar surface area (TPSA) is 93.0 Å². The maximum Gasteiger partial charge on any atom is 0.353 e. The van der Waals surface area contributed by atoms with Crippen LogP contribution in [-0.2, 0) is 6.54 Å². The minimum atomic E-state index is -0.530. The summed E-state index contributed by atoms with van der Waals surface area (Å²) in [6, 6.07) is 11.6. The van der Waals surface area contributed by atoms with Crippen molar-refractivity contribution in [1.82, 2.24) is 9.97 Å². The van der Waals surface area contributed by atoms with Crippen molar-refractivity contribution >= 4 is 23.0 Å². The van der Waals surface area contributed by atoms with E-state index in [1.165, 1.54) is 18.5 Å². The van der Waals surface area contributed by atoms with Crippen molar-refractivity contribution < 1.29 is 9.31 Å². The average Bonchev–Trinajstić information content (AvgIpc) is 2.60. The van der Waals surface area contributed by atoms with Crippen molar-refractivity contribution in [3.05, 3.63) is 81.4 Å². The zero-order chi connectivity index (χ0) is 19.4. The Morgan fingerprint density at radius 3 is 2.30 bits per heavy atom. The second kappa shape index (κ2) is 7.77. The van der Waals surface area contributed by atoms with Gasteiger partial charge in [-0.1, -0.05) is 18.2 Å². The summed E-state index contributed by atoms with van der Waals surface area (Å²) in [7, 11) is 0. The first-order chi connectivity index (χ1) is 12.9. The molecule has 2 aromatic carbocycles. The largest absolute Gasteiger partial charge is 0.360 e. The van der Waals surface area contributed by atoms with Gasteiger partial charge in [0.1, 0.15) is 12.1 Å². The van der Waals surface area contributed by atoms with E-state index in [0.29, 0.717) is 5.69 Å². The maximum atomic E-state index is 13.0. The number of nitrogens with zero attached hydrogens (tertiary/aromatic N) is 3. The van der Waals surface area contributed by atoms with Crippen LogP contribution in [0.4, 0.5) is 27.4 Å². The number of aryl methyl sites for hydroxylation is 2. The maximum absolute atomic E-state index is 13.0. The van der Waals surface area contributed by atoms with Gasteiger partial charge in [0, 0.05) is 12.2 Å². The van der Waals surface area contributed by atoms with Gasteiger partial charge in [-0.15, -0.1) is 0 Å². The molecular formula is C19H18FN5O2. The molecule has 0 amide bonds. The summed E-state index contributed by atoms with van der Waals surface area (Å²) in [5.74, 6) is -0.153. The fourth-order valence-corrected chi connectivity index (χ4v) is 2.74. The van der Waals surface area contributed by atoms with Gasteiger partial charge in [-0.3, -0.25) is 10.1 Å². The van der Waals surface area contributed by atoms with Gasteiger partial charge >= 0.3 is 5.69 Å². The van der Waals surface area contributed by atoms with Crippen LogP contribution in [0.5, 0.6) is 0 Å². The SMILES string of the molecule is Cc1cc(C)cc(Nc2ncnc(NCc3ccc(F)cc3)c2[N+](=O)[O-])c1. The molecule has 138 valence electrons. The van der Waals surface area contributed by atoms with Gasteiger partial charge in [-0.25, -0.2) is 14.4 Å². The van der Waals surface area contributed by atoms with Crippen LogP contribution in [0.1, 0.15) is 16.7 Å². The summed E-state index contributed by atoms with van der Waals surface area (Å²) in [4.78, 5) is 19.1. The van der Waals surface area contributed by atoms with Crippen LogP contribution in [-0.4, -0.2) is 14.9 Å². The van der Waals surface area contributed by atoms with Crippen molar-refractivity contribution in [1.29, 1.82) is 0 Å². The lowest BCUT2D eigenvalue weighted by atomic mass is 10.1. The predicted octanol–water partition coefficient (Wildman–Crippen LogP) is 4.50. The van der Waals surface area contributed by atoms with E-state index < -0.39 is 4.92 Å². The predicted molar refractivity (Wildman–Crippen MR) is 102 cm³/mol. The Bertz CT molecular complexity index is 956. The number of halogens is 1. The fraction of sp³-hybridized carbons (Fsp3) is 0.158. The van der Waals surface area contributed by atoms with Crippen LogP contribution in [0.25, 0.3) is 0 Å². The summed E-state index contributed by atoms with van der Waals surface area (Å²) >= 11 is 0. The lowest BCUT2D eigenvalue weighted by Crippen LogP contribution is -2.08. The van der Waals surface area contributed by atoms with Gasteiger partial charge in [0.05, 0.1) is 4.92 Å². The Hall–Kier alpha value is -3.55. The van der Waals surface area contributed by atoms with Crippen molar-refractivity contribution in [3.63, 3.8) is 0 Å². The summed E-state index contributed by atoms with van der Waals surface area (Å²) in [6.45, 7) is 4.16. The van der Waals surface area contributed by atoms with Gasteiger partial charge in [0.15, 0.2) is 0 Å². The third-order valence-corrected chi connectivity index (χ3v) is 3.86. The molecule has 0 fully saturated rings. The highest BCUT2D eigenvalue weighted by atomic mass is 19.1. The zero-order valence-corrected chi connectivity index (χ0v) is 14.9. The Balaban J connectivity index is 1.87. The van der Waals surface area contributed by atoms with Crippen molar-refractivity contribution in [2.45, 2.75) is 20.4 Å². The van der Waals surface area contributed by atoms with Crippen LogP contribution in [0.15, 0.2) is 48.8 Å². The van der Waals surface area contributed by atoms with Crippen LogP contribution in [0, 0.1) is 29.8 Å². The highest BCUT2D eigenvalue weighted by Crippen LogP contribution is 2.31. The summed E-state index contributed by atoms with van der Waals surface area (Å²) in [5, 5.41) is 17.5. The second-order valence-corrected chi connectivity index (χ2v) is 6.16. The minimum absolute atomic E-state index is 0.0891. The van der Waals surface area contributed by atoms with E-state index in [4.69, 9.17) is 0 Å². The van der Waals surface area contributed by atoms with E-state index in [2.05, 4.69) is 20.6 Å². The average molecular weight is 367 g/mol. The molecule has 0 radical (unpaired) electrons. The molecule has 8 heteroatoms. The highest BCUT2D eigenvalue weighted by Gasteiger charge is 2.23. The summed E-state index contributed by atoms with van der Waals surface area (Å²) < 4.78 is 13.0. The Morgan fingerprint density at radius 1 is 1.04 bits per heavy atom.